The van der Waals surface area contributed by atoms with Crippen molar-refractivity contribution in [2.75, 3.05) is 5.32 Å². The zero-order chi connectivity index (χ0) is 16.9. The minimum Gasteiger partial charge on any atom is -0.321 e. The number of halogens is 3. The fourth-order valence-corrected chi connectivity index (χ4v) is 1.85. The molecular weight excluding hydrogens is 305 g/mol. The highest BCUT2D eigenvalue weighted by Gasteiger charge is 2.30. The summed E-state index contributed by atoms with van der Waals surface area (Å²) in [6.07, 6.45) is -2.04. The zero-order valence-corrected chi connectivity index (χ0v) is 11.8. The Bertz CT molecular complexity index is 789. The van der Waals surface area contributed by atoms with Gasteiger partial charge in [-0.1, -0.05) is 24.3 Å². The average molecular weight is 316 g/mol. The molecule has 0 spiro atoms. The minimum absolute atomic E-state index is 0.253. The monoisotopic (exact) mass is 316 g/mol. The lowest BCUT2D eigenvalue weighted by Gasteiger charge is -2.07. The molecule has 2 aromatic carbocycles. The molecule has 0 heterocycles. The number of carbonyl (C=O) groups excluding carboxylic acids is 1. The Morgan fingerprint density at radius 2 is 1.87 bits per heavy atom. The fraction of sp³-hybridized carbons (Fsp3) is 0.0588. The molecule has 1 N–H and O–H groups in total. The van der Waals surface area contributed by atoms with Crippen LogP contribution in [0.4, 0.5) is 18.9 Å². The van der Waals surface area contributed by atoms with Crippen LogP contribution in [0.2, 0.25) is 0 Å². The lowest BCUT2D eigenvalue weighted by atomic mass is 10.1. The summed E-state index contributed by atoms with van der Waals surface area (Å²) < 4.78 is 37.8. The summed E-state index contributed by atoms with van der Waals surface area (Å²) in [5.74, 6) is -0.537. The van der Waals surface area contributed by atoms with E-state index in [2.05, 4.69) is 5.32 Å². The molecule has 23 heavy (non-hydrogen) atoms. The predicted octanol–water partition coefficient (Wildman–Crippen LogP) is 4.23. The van der Waals surface area contributed by atoms with E-state index >= 15 is 0 Å². The zero-order valence-electron chi connectivity index (χ0n) is 11.8. The van der Waals surface area contributed by atoms with Gasteiger partial charge in [0.15, 0.2) is 0 Å². The van der Waals surface area contributed by atoms with E-state index < -0.39 is 17.6 Å². The number of carbonyl (C=O) groups is 1. The van der Waals surface area contributed by atoms with Gasteiger partial charge in [-0.05, 0) is 35.9 Å². The molecule has 6 heteroatoms. The van der Waals surface area contributed by atoms with Gasteiger partial charge in [0.25, 0.3) is 0 Å². The molecule has 1 amide bonds. The van der Waals surface area contributed by atoms with Crippen LogP contribution < -0.4 is 5.32 Å². The molecule has 0 unspecified atom stereocenters. The minimum atomic E-state index is -4.43. The van der Waals surface area contributed by atoms with Crippen molar-refractivity contribution >= 4 is 17.7 Å². The van der Waals surface area contributed by atoms with E-state index in [1.165, 1.54) is 18.2 Å². The van der Waals surface area contributed by atoms with E-state index in [1.54, 1.807) is 24.3 Å². The van der Waals surface area contributed by atoms with Crippen LogP contribution in [0.5, 0.6) is 0 Å². The van der Waals surface area contributed by atoms with Crippen molar-refractivity contribution in [3.8, 4) is 6.07 Å². The SMILES string of the molecule is N#Cc1ccccc1NC(=O)/C=C/c1cccc(C(F)(F)F)c1. The molecule has 0 aliphatic carbocycles. The van der Waals surface area contributed by atoms with Crippen LogP contribution in [0.1, 0.15) is 16.7 Å². The number of hydrogen-bond acceptors (Lipinski definition) is 2. The summed E-state index contributed by atoms with van der Waals surface area (Å²) in [5.41, 5.74) is 0.112. The van der Waals surface area contributed by atoms with Crippen LogP contribution in [0.3, 0.4) is 0 Å². The van der Waals surface area contributed by atoms with Crippen molar-refractivity contribution in [2.24, 2.45) is 0 Å². The van der Waals surface area contributed by atoms with Gasteiger partial charge in [0.2, 0.25) is 5.91 Å². The van der Waals surface area contributed by atoms with Crippen LogP contribution >= 0.6 is 0 Å². The van der Waals surface area contributed by atoms with E-state index in [0.717, 1.165) is 18.2 Å². The Balaban J connectivity index is 2.12. The molecule has 0 aliphatic heterocycles. The molecule has 3 nitrogen and oxygen atoms in total. The summed E-state index contributed by atoms with van der Waals surface area (Å²) in [4.78, 5) is 11.8. The third-order valence-corrected chi connectivity index (χ3v) is 2.95. The molecule has 2 rings (SSSR count). The normalized spacial score (nSPS) is 11.2. The summed E-state index contributed by atoms with van der Waals surface area (Å²) in [6.45, 7) is 0. The predicted molar refractivity (Wildman–Crippen MR) is 80.3 cm³/mol. The van der Waals surface area contributed by atoms with E-state index in [9.17, 15) is 18.0 Å². The molecule has 0 bridgehead atoms. The number of para-hydroxylation sites is 1. The van der Waals surface area contributed by atoms with Gasteiger partial charge in [-0.25, -0.2) is 0 Å². The largest absolute Gasteiger partial charge is 0.416 e. The highest BCUT2D eigenvalue weighted by molar-refractivity contribution is 6.02. The number of benzene rings is 2. The van der Waals surface area contributed by atoms with Gasteiger partial charge in [-0.3, -0.25) is 4.79 Å². The van der Waals surface area contributed by atoms with Gasteiger partial charge in [0, 0.05) is 6.08 Å². The smallest absolute Gasteiger partial charge is 0.321 e. The summed E-state index contributed by atoms with van der Waals surface area (Å²) in [6, 6.07) is 13.0. The number of alkyl halides is 3. The Morgan fingerprint density at radius 1 is 1.13 bits per heavy atom. The Morgan fingerprint density at radius 3 is 2.57 bits per heavy atom. The first-order chi connectivity index (χ1) is 10.9. The second-order valence-electron chi connectivity index (χ2n) is 4.60. The number of nitrogens with one attached hydrogen (secondary N) is 1. The van der Waals surface area contributed by atoms with Crippen molar-refractivity contribution < 1.29 is 18.0 Å². The van der Waals surface area contributed by atoms with E-state index in [0.29, 0.717) is 11.3 Å². The van der Waals surface area contributed by atoms with E-state index in [4.69, 9.17) is 5.26 Å². The molecule has 0 atom stereocenters. The molecule has 0 aromatic heterocycles. The summed E-state index contributed by atoms with van der Waals surface area (Å²) in [7, 11) is 0. The van der Waals surface area contributed by atoms with Gasteiger partial charge in [-0.15, -0.1) is 0 Å². The maximum Gasteiger partial charge on any atom is 0.416 e. The highest BCUT2D eigenvalue weighted by atomic mass is 19.4. The number of anilines is 1. The second kappa shape index (κ2) is 6.79. The Kier molecular flexibility index (Phi) is 4.82. The number of amides is 1. The van der Waals surface area contributed by atoms with Gasteiger partial charge in [0.1, 0.15) is 6.07 Å². The molecular formula is C17H11F3N2O. The second-order valence-corrected chi connectivity index (χ2v) is 4.60. The van der Waals surface area contributed by atoms with E-state index in [1.807, 2.05) is 6.07 Å². The quantitative estimate of drug-likeness (QED) is 0.862. The number of rotatable bonds is 3. The first kappa shape index (κ1) is 16.3. The summed E-state index contributed by atoms with van der Waals surface area (Å²) >= 11 is 0. The molecule has 0 aliphatic rings. The number of hydrogen-bond donors (Lipinski definition) is 1. The number of nitriles is 1. The van der Waals surface area contributed by atoms with Gasteiger partial charge >= 0.3 is 6.18 Å². The van der Waals surface area contributed by atoms with Crippen molar-refractivity contribution in [1.82, 2.24) is 0 Å². The Labute approximate surface area is 130 Å². The summed E-state index contributed by atoms with van der Waals surface area (Å²) in [5, 5.41) is 11.4. The molecule has 2 aromatic rings. The molecule has 116 valence electrons. The topological polar surface area (TPSA) is 52.9 Å². The maximum absolute atomic E-state index is 12.6. The van der Waals surface area contributed by atoms with Crippen LogP contribution in [0.15, 0.2) is 54.6 Å². The van der Waals surface area contributed by atoms with Gasteiger partial charge < -0.3 is 5.32 Å². The van der Waals surface area contributed by atoms with Crippen LogP contribution in [0, 0.1) is 11.3 Å². The van der Waals surface area contributed by atoms with E-state index in [-0.39, 0.29) is 5.56 Å². The van der Waals surface area contributed by atoms with Crippen LogP contribution in [-0.4, -0.2) is 5.91 Å². The third kappa shape index (κ3) is 4.45. The van der Waals surface area contributed by atoms with Gasteiger partial charge in [-0.2, -0.15) is 18.4 Å². The van der Waals surface area contributed by atoms with Crippen molar-refractivity contribution in [3.05, 3.63) is 71.3 Å². The Hall–Kier alpha value is -3.07. The van der Waals surface area contributed by atoms with Crippen molar-refractivity contribution in [3.63, 3.8) is 0 Å². The molecule has 0 fully saturated rings. The standard InChI is InChI=1S/C17H11F3N2O/c18-17(19,20)14-6-3-4-12(10-14)8-9-16(23)22-15-7-2-1-5-13(15)11-21/h1-10H,(H,22,23)/b9-8+. The van der Waals surface area contributed by atoms with Crippen molar-refractivity contribution in [2.45, 2.75) is 6.18 Å². The highest BCUT2D eigenvalue weighted by Crippen LogP contribution is 2.29. The average Bonchev–Trinajstić information content (AvgIpc) is 2.53. The fourth-order valence-electron chi connectivity index (χ4n) is 1.85. The lowest BCUT2D eigenvalue weighted by molar-refractivity contribution is -0.137. The lowest BCUT2D eigenvalue weighted by Crippen LogP contribution is -2.09. The number of nitrogens with zero attached hydrogens (tertiary/aromatic N) is 1. The third-order valence-electron chi connectivity index (χ3n) is 2.95. The van der Waals surface area contributed by atoms with Crippen LogP contribution in [0.25, 0.3) is 6.08 Å². The van der Waals surface area contributed by atoms with Crippen LogP contribution in [-0.2, 0) is 11.0 Å². The van der Waals surface area contributed by atoms with Gasteiger partial charge in [0.05, 0.1) is 16.8 Å². The first-order valence-corrected chi connectivity index (χ1v) is 6.55. The van der Waals surface area contributed by atoms with Crippen molar-refractivity contribution in [1.29, 1.82) is 5.26 Å². The first-order valence-electron chi connectivity index (χ1n) is 6.55. The molecule has 0 radical (unpaired) electrons. The maximum atomic E-state index is 12.6. The molecule has 0 saturated carbocycles. The molecule has 0 saturated heterocycles.